The second kappa shape index (κ2) is 4.65. The van der Waals surface area contributed by atoms with Crippen molar-refractivity contribution in [1.29, 1.82) is 0 Å². The largest absolute Gasteiger partial charge is 0.489 e. The molecule has 0 saturated heterocycles. The summed E-state index contributed by atoms with van der Waals surface area (Å²) in [6.45, 7) is 2.72. The highest BCUT2D eigenvalue weighted by Crippen LogP contribution is 2.25. The molecule has 2 nitrogen and oxygen atoms in total. The van der Waals surface area contributed by atoms with Crippen molar-refractivity contribution in [1.82, 2.24) is 0 Å². The average Bonchev–Trinajstić information content (AvgIpc) is 2.09. The van der Waals surface area contributed by atoms with Gasteiger partial charge in [-0.05, 0) is 18.6 Å². The molecule has 0 aromatic heterocycles. The van der Waals surface area contributed by atoms with Crippen molar-refractivity contribution in [3.05, 3.63) is 24.3 Å². The summed E-state index contributed by atoms with van der Waals surface area (Å²) in [5.74, 6) is 0.430. The topological polar surface area (TPSA) is 29.1 Å². The molecule has 0 heterocycles. The van der Waals surface area contributed by atoms with Crippen LogP contribution in [-0.2, 0) is 5.11 Å². The van der Waals surface area contributed by atoms with E-state index in [4.69, 9.17) is 4.74 Å². The lowest BCUT2D eigenvalue weighted by atomic mass is 10.3. The van der Waals surface area contributed by atoms with E-state index in [1.807, 2.05) is 6.07 Å². The zero-order chi connectivity index (χ0) is 8.81. The highest BCUT2D eigenvalue weighted by Gasteiger charge is 2.00. The first-order valence-corrected chi connectivity index (χ1v) is 4.23. The molecule has 1 aromatic carbocycles. The van der Waals surface area contributed by atoms with Gasteiger partial charge in [0.05, 0.1) is 6.61 Å². The van der Waals surface area contributed by atoms with Gasteiger partial charge in [0.15, 0.2) is 5.75 Å². The van der Waals surface area contributed by atoms with E-state index in [2.05, 4.69) is 6.92 Å². The first-order chi connectivity index (χ1) is 5.84. The Kier molecular flexibility index (Phi) is 3.45. The van der Waals surface area contributed by atoms with Gasteiger partial charge >= 0.3 is 0 Å². The minimum Gasteiger partial charge on any atom is -0.489 e. The summed E-state index contributed by atoms with van der Waals surface area (Å²) in [7, 11) is 0. The molecule has 0 unspecified atom stereocenters. The number of para-hydroxylation sites is 2. The van der Waals surface area contributed by atoms with Crippen molar-refractivity contribution >= 4 is 0 Å². The van der Waals surface area contributed by atoms with Crippen LogP contribution in [0, 0.1) is 0 Å². The van der Waals surface area contributed by atoms with Crippen LogP contribution in [0.2, 0.25) is 0 Å². The molecule has 0 aliphatic heterocycles. The first kappa shape index (κ1) is 8.91. The van der Waals surface area contributed by atoms with Crippen LogP contribution >= 0.6 is 0 Å². The maximum absolute atomic E-state index is 11.1. The minimum absolute atomic E-state index is 0.0337. The Morgan fingerprint density at radius 1 is 1.33 bits per heavy atom. The van der Waals surface area contributed by atoms with E-state index in [9.17, 15) is 5.11 Å². The molecule has 1 aromatic rings. The molecule has 0 bridgehead atoms. The molecular weight excluding hydrogens is 152 g/mol. The molecule has 0 saturated carbocycles. The lowest BCUT2D eigenvalue weighted by Gasteiger charge is -2.04. The molecule has 12 heavy (non-hydrogen) atoms. The molecule has 0 aliphatic carbocycles. The van der Waals surface area contributed by atoms with Crippen molar-refractivity contribution in [3.8, 4) is 11.5 Å². The summed E-state index contributed by atoms with van der Waals surface area (Å²) in [6.07, 6.45) is 2.08. The van der Waals surface area contributed by atoms with Crippen molar-refractivity contribution in [2.24, 2.45) is 0 Å². The third kappa shape index (κ3) is 2.46. The number of rotatable bonds is 4. The lowest BCUT2D eigenvalue weighted by Crippen LogP contribution is -1.95. The normalized spacial score (nSPS) is 9.75. The van der Waals surface area contributed by atoms with Gasteiger partial charge < -0.3 is 4.74 Å². The molecule has 0 atom stereocenters. The number of benzene rings is 1. The summed E-state index contributed by atoms with van der Waals surface area (Å²) in [4.78, 5) is 0. The Labute approximate surface area is 72.8 Å². The van der Waals surface area contributed by atoms with E-state index in [1.54, 1.807) is 12.1 Å². The Balaban J connectivity index is 2.46. The number of unbranched alkanes of at least 4 members (excludes halogenated alkanes) is 1. The first-order valence-electron chi connectivity index (χ1n) is 4.23. The minimum atomic E-state index is -0.0337. The second-order valence-electron chi connectivity index (χ2n) is 2.65. The maximum Gasteiger partial charge on any atom is 0.220 e. The number of ether oxygens (including phenoxy) is 1. The summed E-state index contributed by atoms with van der Waals surface area (Å²) in [5.41, 5.74) is 0. The van der Waals surface area contributed by atoms with Gasteiger partial charge in [0.25, 0.3) is 0 Å². The zero-order valence-electron chi connectivity index (χ0n) is 7.25. The van der Waals surface area contributed by atoms with Gasteiger partial charge in [-0.3, -0.25) is 5.11 Å². The van der Waals surface area contributed by atoms with Crippen LogP contribution in [0.3, 0.4) is 0 Å². The fraction of sp³-hybridized carbons (Fsp3) is 0.400. The third-order valence-electron chi connectivity index (χ3n) is 1.60. The summed E-state index contributed by atoms with van der Waals surface area (Å²) in [6, 6.07) is 6.75. The fourth-order valence-corrected chi connectivity index (χ4v) is 0.896. The molecule has 0 fully saturated rings. The molecule has 65 valence electrons. The van der Waals surface area contributed by atoms with E-state index in [-0.39, 0.29) is 5.75 Å². The van der Waals surface area contributed by atoms with Crippen LogP contribution in [0.5, 0.6) is 11.5 Å². The lowest BCUT2D eigenvalue weighted by molar-refractivity contribution is 0.271. The van der Waals surface area contributed by atoms with Crippen LogP contribution in [0.1, 0.15) is 19.8 Å². The van der Waals surface area contributed by atoms with Gasteiger partial charge in [0, 0.05) is 0 Å². The van der Waals surface area contributed by atoms with E-state index in [0.29, 0.717) is 12.4 Å². The quantitative estimate of drug-likeness (QED) is 0.630. The van der Waals surface area contributed by atoms with E-state index >= 15 is 0 Å². The molecule has 2 heteroatoms. The monoisotopic (exact) mass is 165 g/mol. The van der Waals surface area contributed by atoms with Crippen molar-refractivity contribution in [2.75, 3.05) is 6.61 Å². The van der Waals surface area contributed by atoms with Crippen molar-refractivity contribution < 1.29 is 9.84 Å². The predicted molar refractivity (Wildman–Crippen MR) is 47.0 cm³/mol. The molecule has 1 rings (SSSR count). The number of hydrogen-bond acceptors (Lipinski definition) is 1. The molecule has 0 aliphatic rings. The average molecular weight is 165 g/mol. The highest BCUT2D eigenvalue weighted by molar-refractivity contribution is 5.37. The van der Waals surface area contributed by atoms with Crippen LogP contribution < -0.4 is 4.74 Å². The van der Waals surface area contributed by atoms with Gasteiger partial charge in [0.2, 0.25) is 5.75 Å². The van der Waals surface area contributed by atoms with Crippen LogP contribution in [0.4, 0.5) is 0 Å². The standard InChI is InChI=1S/C10H13O2/c1-2-3-8-12-10-7-5-4-6-9(10)11/h4-7H,2-3,8H2,1H3. The van der Waals surface area contributed by atoms with Crippen molar-refractivity contribution in [3.63, 3.8) is 0 Å². The molecule has 1 radical (unpaired) electrons. The predicted octanol–water partition coefficient (Wildman–Crippen LogP) is 3.01. The summed E-state index contributed by atoms with van der Waals surface area (Å²) in [5, 5.41) is 11.1. The van der Waals surface area contributed by atoms with Crippen LogP contribution in [0.15, 0.2) is 24.3 Å². The second-order valence-corrected chi connectivity index (χ2v) is 2.65. The number of hydrogen-bond donors (Lipinski definition) is 0. The molecular formula is C10H13O2. The summed E-state index contributed by atoms with van der Waals surface area (Å²) < 4.78 is 5.26. The van der Waals surface area contributed by atoms with Gasteiger partial charge in [-0.1, -0.05) is 25.5 Å². The fourth-order valence-electron chi connectivity index (χ4n) is 0.896. The SMILES string of the molecule is CCCCOc1ccccc1[O]. The Morgan fingerprint density at radius 2 is 2.08 bits per heavy atom. The highest BCUT2D eigenvalue weighted by atomic mass is 16.5. The molecule has 0 amide bonds. The zero-order valence-corrected chi connectivity index (χ0v) is 7.25. The van der Waals surface area contributed by atoms with Gasteiger partial charge in [-0.2, -0.15) is 0 Å². The van der Waals surface area contributed by atoms with Crippen LogP contribution in [-0.4, -0.2) is 6.61 Å². The molecule has 0 spiro atoms. The Bertz CT molecular complexity index is 233. The van der Waals surface area contributed by atoms with E-state index < -0.39 is 0 Å². The summed E-state index contributed by atoms with van der Waals surface area (Å²) >= 11 is 0. The Morgan fingerprint density at radius 3 is 2.75 bits per heavy atom. The maximum atomic E-state index is 11.1. The van der Waals surface area contributed by atoms with Crippen molar-refractivity contribution in [2.45, 2.75) is 19.8 Å². The Hall–Kier alpha value is -1.18. The molecule has 0 N–H and O–H groups in total. The van der Waals surface area contributed by atoms with Gasteiger partial charge in [-0.25, -0.2) is 0 Å². The smallest absolute Gasteiger partial charge is 0.220 e. The third-order valence-corrected chi connectivity index (χ3v) is 1.60. The van der Waals surface area contributed by atoms with Gasteiger partial charge in [0.1, 0.15) is 0 Å². The van der Waals surface area contributed by atoms with Gasteiger partial charge in [-0.15, -0.1) is 0 Å². The van der Waals surface area contributed by atoms with E-state index in [1.165, 1.54) is 6.07 Å². The van der Waals surface area contributed by atoms with E-state index in [0.717, 1.165) is 12.8 Å². The van der Waals surface area contributed by atoms with Crippen LogP contribution in [0.25, 0.3) is 0 Å².